The van der Waals surface area contributed by atoms with E-state index in [1.165, 1.54) is 25.7 Å². The van der Waals surface area contributed by atoms with Crippen molar-refractivity contribution in [1.82, 2.24) is 20.1 Å². The van der Waals surface area contributed by atoms with Crippen molar-refractivity contribution in [2.75, 3.05) is 6.54 Å². The molecule has 3 heterocycles. The third kappa shape index (κ3) is 2.67. The lowest BCUT2D eigenvalue weighted by atomic mass is 10.0. The molecule has 2 aromatic heterocycles. The second-order valence-electron chi connectivity index (χ2n) is 6.16. The van der Waals surface area contributed by atoms with Gasteiger partial charge in [-0.05, 0) is 18.9 Å². The fraction of sp³-hybridized carbons (Fsp3) is 0.389. The summed E-state index contributed by atoms with van der Waals surface area (Å²) in [4.78, 5) is 16.2. The highest BCUT2D eigenvalue weighted by atomic mass is 35.5. The molecule has 0 saturated heterocycles. The van der Waals surface area contributed by atoms with E-state index in [0.717, 1.165) is 11.1 Å². The Bertz CT molecular complexity index is 856. The Morgan fingerprint density at radius 2 is 2.17 bits per heavy atom. The molecule has 0 unspecified atom stereocenters. The Balaban J connectivity index is 1.76. The van der Waals surface area contributed by atoms with Gasteiger partial charge >= 0.3 is 0 Å². The molecule has 1 fully saturated rings. The van der Waals surface area contributed by atoms with E-state index >= 15 is 0 Å². The summed E-state index contributed by atoms with van der Waals surface area (Å²) in [6, 6.07) is 1.86. The zero-order chi connectivity index (χ0) is 16.5. The topological polar surface area (TPSA) is 59.8 Å². The lowest BCUT2D eigenvalue weighted by Crippen LogP contribution is -2.35. The molecule has 0 aromatic carbocycles. The van der Waals surface area contributed by atoms with E-state index in [1.807, 2.05) is 6.07 Å². The number of fused-ring (bicyclic) bond motifs is 1. The smallest absolute Gasteiger partial charge is 0.271 e. The van der Waals surface area contributed by atoms with Gasteiger partial charge in [0, 0.05) is 30.4 Å². The molecule has 4 rings (SSSR count). The van der Waals surface area contributed by atoms with Crippen LogP contribution in [0.5, 0.6) is 0 Å². The Kier molecular flexibility index (Phi) is 3.99. The summed E-state index contributed by atoms with van der Waals surface area (Å²) < 4.78 is 1.67. The van der Waals surface area contributed by atoms with Crippen LogP contribution in [0.2, 0.25) is 5.02 Å². The molecular weight excluding hydrogens is 324 g/mol. The second-order valence-corrected chi connectivity index (χ2v) is 6.54. The van der Waals surface area contributed by atoms with Crippen LogP contribution in [0.15, 0.2) is 18.5 Å². The van der Waals surface area contributed by atoms with E-state index in [2.05, 4.69) is 27.2 Å². The van der Waals surface area contributed by atoms with Crippen LogP contribution < -0.4 is 5.32 Å². The zero-order valence-electron chi connectivity index (χ0n) is 13.2. The van der Waals surface area contributed by atoms with Crippen molar-refractivity contribution in [2.24, 2.45) is 5.92 Å². The Morgan fingerprint density at radius 3 is 2.96 bits per heavy atom. The number of carbonyl (C=O) groups is 1. The summed E-state index contributed by atoms with van der Waals surface area (Å²) >= 11 is 6.46. The number of hydrogen-bond donors (Lipinski definition) is 1. The molecule has 0 spiro atoms. The van der Waals surface area contributed by atoms with Crippen LogP contribution in [0.4, 0.5) is 0 Å². The van der Waals surface area contributed by atoms with E-state index in [9.17, 15) is 4.79 Å². The minimum Gasteiger partial charge on any atom is -0.349 e. The normalized spacial score (nSPS) is 17.1. The second kappa shape index (κ2) is 6.29. The van der Waals surface area contributed by atoms with Gasteiger partial charge in [-0.1, -0.05) is 36.3 Å². The number of aromatic nitrogens is 3. The lowest BCUT2D eigenvalue weighted by Gasteiger charge is -2.13. The van der Waals surface area contributed by atoms with E-state index in [-0.39, 0.29) is 5.91 Å². The molecule has 1 aliphatic carbocycles. The summed E-state index contributed by atoms with van der Waals surface area (Å²) in [6.07, 6.45) is 8.29. The fourth-order valence-corrected chi connectivity index (χ4v) is 3.62. The van der Waals surface area contributed by atoms with Crippen molar-refractivity contribution in [3.63, 3.8) is 0 Å². The Hall–Kier alpha value is -2.32. The maximum Gasteiger partial charge on any atom is 0.271 e. The van der Waals surface area contributed by atoms with Gasteiger partial charge in [0.1, 0.15) is 11.4 Å². The SMILES string of the molecule is O=C1NCCn2nc(-c3ccncc3C#CC3CCCC3)c(Cl)c21. The molecule has 24 heavy (non-hydrogen) atoms. The van der Waals surface area contributed by atoms with Gasteiger partial charge in [0.15, 0.2) is 0 Å². The molecule has 2 aliphatic rings. The van der Waals surface area contributed by atoms with E-state index in [4.69, 9.17) is 11.6 Å². The number of rotatable bonds is 1. The molecule has 5 nitrogen and oxygen atoms in total. The molecule has 122 valence electrons. The zero-order valence-corrected chi connectivity index (χ0v) is 13.9. The summed E-state index contributed by atoms with van der Waals surface area (Å²) in [6.45, 7) is 1.18. The van der Waals surface area contributed by atoms with Crippen LogP contribution in [0, 0.1) is 17.8 Å². The molecule has 6 heteroatoms. The average molecular weight is 341 g/mol. The highest BCUT2D eigenvalue weighted by molar-refractivity contribution is 6.36. The van der Waals surface area contributed by atoms with Gasteiger partial charge in [-0.2, -0.15) is 5.10 Å². The Labute approximate surface area is 145 Å². The first-order valence-corrected chi connectivity index (χ1v) is 8.62. The molecule has 0 radical (unpaired) electrons. The van der Waals surface area contributed by atoms with E-state index in [1.54, 1.807) is 17.1 Å². The minimum atomic E-state index is -0.183. The van der Waals surface area contributed by atoms with Gasteiger partial charge in [-0.25, -0.2) is 0 Å². The Morgan fingerprint density at radius 1 is 1.33 bits per heavy atom. The molecule has 2 aromatic rings. The van der Waals surface area contributed by atoms with Crippen LogP contribution in [0.3, 0.4) is 0 Å². The molecule has 1 aliphatic heterocycles. The van der Waals surface area contributed by atoms with Crippen molar-refractivity contribution >= 4 is 17.5 Å². The lowest BCUT2D eigenvalue weighted by molar-refractivity contribution is 0.0924. The maximum atomic E-state index is 12.0. The van der Waals surface area contributed by atoms with Gasteiger partial charge in [-0.3, -0.25) is 14.5 Å². The van der Waals surface area contributed by atoms with Crippen molar-refractivity contribution in [1.29, 1.82) is 0 Å². The first-order chi connectivity index (χ1) is 11.7. The van der Waals surface area contributed by atoms with Crippen molar-refractivity contribution in [3.8, 4) is 23.1 Å². The molecule has 1 N–H and O–H groups in total. The minimum absolute atomic E-state index is 0.183. The summed E-state index contributed by atoms with van der Waals surface area (Å²) in [7, 11) is 0. The number of pyridine rings is 1. The van der Waals surface area contributed by atoms with Gasteiger partial charge in [-0.15, -0.1) is 0 Å². The molecule has 1 saturated carbocycles. The number of carbonyl (C=O) groups excluding carboxylic acids is 1. The van der Waals surface area contributed by atoms with Crippen LogP contribution >= 0.6 is 11.6 Å². The average Bonchev–Trinajstić information content (AvgIpc) is 3.22. The van der Waals surface area contributed by atoms with Crippen LogP contribution in [-0.2, 0) is 6.54 Å². The summed E-state index contributed by atoms with van der Waals surface area (Å²) in [5.41, 5.74) is 2.66. The number of halogens is 1. The predicted octanol–water partition coefficient (Wildman–Crippen LogP) is 2.88. The van der Waals surface area contributed by atoms with E-state index < -0.39 is 0 Å². The van der Waals surface area contributed by atoms with Gasteiger partial charge in [0.25, 0.3) is 5.91 Å². The van der Waals surface area contributed by atoms with Crippen LogP contribution in [-0.4, -0.2) is 27.2 Å². The largest absolute Gasteiger partial charge is 0.349 e. The van der Waals surface area contributed by atoms with Gasteiger partial charge in [0.05, 0.1) is 17.1 Å². The monoisotopic (exact) mass is 340 g/mol. The highest BCUT2D eigenvalue weighted by Crippen LogP contribution is 2.32. The quantitative estimate of drug-likeness (QED) is 0.812. The third-order valence-electron chi connectivity index (χ3n) is 4.56. The molecule has 0 bridgehead atoms. The maximum absolute atomic E-state index is 12.0. The molecular formula is C18H17ClN4O. The van der Waals surface area contributed by atoms with Crippen molar-refractivity contribution in [3.05, 3.63) is 34.7 Å². The number of amides is 1. The standard InChI is InChI=1S/C18H17ClN4O/c19-15-16(22-23-10-9-21-18(24)17(15)23)14-7-8-20-11-13(14)6-5-12-3-1-2-4-12/h7-8,11-12H,1-4,9-10H2,(H,21,24). The van der Waals surface area contributed by atoms with Gasteiger partial charge in [0.2, 0.25) is 0 Å². The third-order valence-corrected chi connectivity index (χ3v) is 4.92. The van der Waals surface area contributed by atoms with Gasteiger partial charge < -0.3 is 5.32 Å². The highest BCUT2D eigenvalue weighted by Gasteiger charge is 2.26. The first-order valence-electron chi connectivity index (χ1n) is 8.24. The van der Waals surface area contributed by atoms with Crippen molar-refractivity contribution in [2.45, 2.75) is 32.2 Å². The summed E-state index contributed by atoms with van der Waals surface area (Å²) in [5.74, 6) is 6.89. The van der Waals surface area contributed by atoms with E-state index in [0.29, 0.717) is 35.4 Å². The van der Waals surface area contributed by atoms with Crippen molar-refractivity contribution < 1.29 is 4.79 Å². The number of hydrogen-bond acceptors (Lipinski definition) is 3. The fourth-order valence-electron chi connectivity index (χ4n) is 3.30. The molecule has 0 atom stereocenters. The molecule has 1 amide bonds. The number of nitrogens with one attached hydrogen (secondary N) is 1. The van der Waals surface area contributed by atoms with Crippen LogP contribution in [0.25, 0.3) is 11.3 Å². The van der Waals surface area contributed by atoms with Crippen LogP contribution in [0.1, 0.15) is 41.7 Å². The summed E-state index contributed by atoms with van der Waals surface area (Å²) in [5, 5.41) is 7.71. The predicted molar refractivity (Wildman–Crippen MR) is 91.6 cm³/mol. The number of nitrogens with zero attached hydrogens (tertiary/aromatic N) is 3. The first kappa shape index (κ1) is 15.2.